The Labute approximate surface area is 217 Å². The van der Waals surface area contributed by atoms with Crippen molar-refractivity contribution in [2.24, 2.45) is 23.5 Å². The Hall–Kier alpha value is -2.62. The Bertz CT molecular complexity index is 1090. The number of benzene rings is 1. The van der Waals surface area contributed by atoms with Crippen molar-refractivity contribution in [3.63, 3.8) is 0 Å². The van der Waals surface area contributed by atoms with Gasteiger partial charge in [-0.25, -0.2) is 9.37 Å². The molecular formula is C24H32Cl2FN7O. The van der Waals surface area contributed by atoms with Crippen molar-refractivity contribution in [2.75, 3.05) is 48.8 Å². The zero-order valence-corrected chi connectivity index (χ0v) is 21.4. The maximum absolute atomic E-state index is 14.5. The van der Waals surface area contributed by atoms with Crippen molar-refractivity contribution < 1.29 is 9.18 Å². The quantitative estimate of drug-likeness (QED) is 0.499. The van der Waals surface area contributed by atoms with E-state index in [9.17, 15) is 9.18 Å². The minimum Gasteiger partial charge on any atom is -0.369 e. The zero-order valence-electron chi connectivity index (χ0n) is 19.8. The van der Waals surface area contributed by atoms with Gasteiger partial charge in [0.1, 0.15) is 0 Å². The summed E-state index contributed by atoms with van der Waals surface area (Å²) in [4.78, 5) is 25.2. The molecule has 2 heterocycles. The number of nitrogens with one attached hydrogen (secondary N) is 2. The predicted molar refractivity (Wildman–Crippen MR) is 141 cm³/mol. The number of hydrogen-bond donors (Lipinski definition) is 3. The number of carbonyl (C=O) groups excluding carboxylic acids is 1. The summed E-state index contributed by atoms with van der Waals surface area (Å²) < 4.78 is 14.5. The summed E-state index contributed by atoms with van der Waals surface area (Å²) in [6, 6.07) is 5.88. The van der Waals surface area contributed by atoms with Crippen LogP contribution in [0.1, 0.15) is 12.0 Å². The van der Waals surface area contributed by atoms with Gasteiger partial charge in [-0.3, -0.25) is 4.79 Å². The number of aryl methyl sites for hydroxylation is 1. The number of fused-ring (bicyclic) bond motifs is 2. The van der Waals surface area contributed by atoms with Crippen LogP contribution in [0, 0.1) is 30.5 Å². The third-order valence-electron chi connectivity index (χ3n) is 7.13. The second-order valence-electron chi connectivity index (χ2n) is 9.35. The molecule has 1 amide bonds. The molecule has 190 valence electrons. The highest BCUT2D eigenvalue weighted by Crippen LogP contribution is 2.45. The molecule has 35 heavy (non-hydrogen) atoms. The van der Waals surface area contributed by atoms with Crippen molar-refractivity contribution in [2.45, 2.75) is 19.4 Å². The number of carbonyl (C=O) groups is 1. The third kappa shape index (κ3) is 5.47. The first-order valence-electron chi connectivity index (χ1n) is 11.5. The van der Waals surface area contributed by atoms with E-state index in [0.29, 0.717) is 5.95 Å². The number of piperazine rings is 1. The maximum Gasteiger partial charge on any atom is 0.229 e. The highest BCUT2D eigenvalue weighted by atomic mass is 35.5. The van der Waals surface area contributed by atoms with E-state index in [1.165, 1.54) is 5.69 Å². The molecule has 1 aliphatic heterocycles. The molecule has 11 heteroatoms. The van der Waals surface area contributed by atoms with Crippen LogP contribution in [0.25, 0.3) is 0 Å². The smallest absolute Gasteiger partial charge is 0.229 e. The zero-order chi connectivity index (χ0) is 23.1. The first-order valence-corrected chi connectivity index (χ1v) is 11.5. The molecule has 3 aliphatic rings. The number of anilines is 4. The molecule has 4 N–H and O–H groups in total. The van der Waals surface area contributed by atoms with E-state index >= 15 is 0 Å². The first kappa shape index (κ1) is 27.0. The van der Waals surface area contributed by atoms with Crippen LogP contribution in [0.2, 0.25) is 0 Å². The molecule has 2 fully saturated rings. The van der Waals surface area contributed by atoms with Crippen molar-refractivity contribution in [1.82, 2.24) is 14.9 Å². The van der Waals surface area contributed by atoms with E-state index < -0.39 is 5.82 Å². The SMILES string of the molecule is Cc1cc(Nc2ncc(F)c(NC3C4C=CC(C4)C3C(N)=O)n2)ccc1N1CCN(C)CC1.Cl.Cl. The monoisotopic (exact) mass is 523 g/mol. The van der Waals surface area contributed by atoms with Crippen LogP contribution in [0.15, 0.2) is 36.5 Å². The van der Waals surface area contributed by atoms with Crippen LogP contribution in [0.5, 0.6) is 0 Å². The summed E-state index contributed by atoms with van der Waals surface area (Å²) in [6.07, 6.45) is 6.11. The average Bonchev–Trinajstić information content (AvgIpc) is 3.39. The van der Waals surface area contributed by atoms with E-state index in [4.69, 9.17) is 5.73 Å². The predicted octanol–water partition coefficient (Wildman–Crippen LogP) is 3.35. The number of hydrogen-bond acceptors (Lipinski definition) is 7. The maximum atomic E-state index is 14.5. The van der Waals surface area contributed by atoms with Gasteiger partial charge in [-0.2, -0.15) is 4.98 Å². The van der Waals surface area contributed by atoms with Crippen LogP contribution in [-0.4, -0.2) is 60.0 Å². The lowest BCUT2D eigenvalue weighted by atomic mass is 9.88. The fourth-order valence-corrected chi connectivity index (χ4v) is 5.36. The molecule has 2 aliphatic carbocycles. The third-order valence-corrected chi connectivity index (χ3v) is 7.13. The highest BCUT2D eigenvalue weighted by Gasteiger charge is 2.47. The fourth-order valence-electron chi connectivity index (χ4n) is 5.36. The Balaban J connectivity index is 0.00000171. The van der Waals surface area contributed by atoms with Crippen LogP contribution < -0.4 is 21.3 Å². The average molecular weight is 524 g/mol. The number of rotatable bonds is 6. The van der Waals surface area contributed by atoms with Crippen molar-refractivity contribution in [3.05, 3.63) is 47.9 Å². The standard InChI is InChI=1S/C24H30FN7O.2ClH/c1-14-11-17(5-6-19(14)32-9-7-31(2)8-10-32)28-24-27-13-18(25)23(30-24)29-21-16-4-3-15(12-16)20(21)22(26)33;;/h3-6,11,13,15-16,20-21H,7-10,12H2,1-2H3,(H2,26,33)(H2,27,28,29,30);2*1H. The minimum absolute atomic E-state index is 0. The molecule has 2 bridgehead atoms. The second-order valence-corrected chi connectivity index (χ2v) is 9.35. The summed E-state index contributed by atoms with van der Waals surface area (Å²) in [5, 5.41) is 6.32. The van der Waals surface area contributed by atoms with Gasteiger partial charge in [0.05, 0.1) is 12.1 Å². The van der Waals surface area contributed by atoms with Gasteiger partial charge < -0.3 is 26.2 Å². The Morgan fingerprint density at radius 2 is 1.86 bits per heavy atom. The number of primary amides is 1. The summed E-state index contributed by atoms with van der Waals surface area (Å²) >= 11 is 0. The van der Waals surface area contributed by atoms with Gasteiger partial charge in [0, 0.05) is 43.6 Å². The van der Waals surface area contributed by atoms with Crippen LogP contribution >= 0.6 is 24.8 Å². The van der Waals surface area contributed by atoms with Gasteiger partial charge in [0.15, 0.2) is 11.6 Å². The van der Waals surface area contributed by atoms with Crippen molar-refractivity contribution >= 4 is 53.9 Å². The molecule has 4 unspecified atom stereocenters. The molecule has 1 aromatic heterocycles. The van der Waals surface area contributed by atoms with Gasteiger partial charge in [-0.15, -0.1) is 24.8 Å². The van der Waals surface area contributed by atoms with Gasteiger partial charge in [0.2, 0.25) is 11.9 Å². The van der Waals surface area contributed by atoms with E-state index in [1.54, 1.807) is 0 Å². The van der Waals surface area contributed by atoms with E-state index in [0.717, 1.165) is 50.0 Å². The molecule has 8 nitrogen and oxygen atoms in total. The second kappa shape index (κ2) is 11.0. The summed E-state index contributed by atoms with van der Waals surface area (Å²) in [7, 11) is 2.14. The Morgan fingerprint density at radius 1 is 1.14 bits per heavy atom. The lowest BCUT2D eigenvalue weighted by molar-refractivity contribution is -0.122. The number of amides is 1. The lowest BCUT2D eigenvalue weighted by Gasteiger charge is -2.35. The largest absolute Gasteiger partial charge is 0.369 e. The summed E-state index contributed by atoms with van der Waals surface area (Å²) in [5.41, 5.74) is 8.84. The minimum atomic E-state index is -0.558. The molecule has 1 aromatic carbocycles. The van der Waals surface area contributed by atoms with E-state index in [1.807, 2.05) is 12.1 Å². The fraction of sp³-hybridized carbons (Fsp3) is 0.458. The number of halogens is 3. The van der Waals surface area contributed by atoms with Gasteiger partial charge in [0.25, 0.3) is 0 Å². The van der Waals surface area contributed by atoms with Crippen molar-refractivity contribution in [1.29, 1.82) is 0 Å². The number of allylic oxidation sites excluding steroid dienone is 1. The van der Waals surface area contributed by atoms with Crippen LogP contribution in [-0.2, 0) is 4.79 Å². The molecule has 2 aromatic rings. The van der Waals surface area contributed by atoms with E-state index in [2.05, 4.69) is 62.6 Å². The lowest BCUT2D eigenvalue weighted by Crippen LogP contribution is -2.44. The molecule has 1 saturated carbocycles. The number of likely N-dealkylation sites (N-methyl/N-ethyl adjacent to an activating group) is 1. The molecular weight excluding hydrogens is 492 g/mol. The van der Waals surface area contributed by atoms with Crippen LogP contribution in [0.4, 0.5) is 27.5 Å². The van der Waals surface area contributed by atoms with Gasteiger partial charge in [-0.1, -0.05) is 12.2 Å². The number of nitrogens with two attached hydrogens (primary N) is 1. The molecule has 1 saturated heterocycles. The summed E-state index contributed by atoms with van der Waals surface area (Å²) in [5.74, 6) is -0.673. The normalized spacial score (nSPS) is 25.1. The molecule has 5 rings (SSSR count). The summed E-state index contributed by atoms with van der Waals surface area (Å²) in [6.45, 7) is 6.20. The van der Waals surface area contributed by atoms with Gasteiger partial charge in [-0.05, 0) is 56.0 Å². The number of nitrogens with zero attached hydrogens (tertiary/aromatic N) is 4. The van der Waals surface area contributed by atoms with Gasteiger partial charge >= 0.3 is 0 Å². The topological polar surface area (TPSA) is 99.4 Å². The van der Waals surface area contributed by atoms with E-state index in [-0.39, 0.29) is 60.3 Å². The Kier molecular flexibility index (Phi) is 8.46. The number of aromatic nitrogens is 2. The first-order chi connectivity index (χ1) is 15.9. The molecule has 0 radical (unpaired) electrons. The Morgan fingerprint density at radius 3 is 2.54 bits per heavy atom. The molecule has 4 atom stereocenters. The highest BCUT2D eigenvalue weighted by molar-refractivity contribution is 5.85. The van der Waals surface area contributed by atoms with Crippen molar-refractivity contribution in [3.8, 4) is 0 Å². The molecule has 0 spiro atoms. The van der Waals surface area contributed by atoms with Crippen LogP contribution in [0.3, 0.4) is 0 Å².